The highest BCUT2D eigenvalue weighted by Crippen LogP contribution is 2.28. The molecule has 2 saturated heterocycles. The van der Waals surface area contributed by atoms with Crippen LogP contribution in [0.4, 0.5) is 0 Å². The maximum Gasteiger partial charge on any atom is 0.209 e. The van der Waals surface area contributed by atoms with Crippen LogP contribution in [0.1, 0.15) is 5.89 Å². The minimum Gasteiger partial charge on any atom is -0.439 e. The summed E-state index contributed by atoms with van der Waals surface area (Å²) < 4.78 is 5.89. The molecule has 4 heteroatoms. The van der Waals surface area contributed by atoms with Gasteiger partial charge in [0.15, 0.2) is 5.76 Å². The summed E-state index contributed by atoms with van der Waals surface area (Å²) in [5.41, 5.74) is 1.09. The molecule has 2 unspecified atom stereocenters. The van der Waals surface area contributed by atoms with E-state index in [2.05, 4.69) is 27.3 Å². The lowest BCUT2D eigenvalue weighted by Gasteiger charge is -2.14. The van der Waals surface area contributed by atoms with Crippen LogP contribution in [0.3, 0.4) is 0 Å². The Hall–Kier alpha value is -1.65. The zero-order chi connectivity index (χ0) is 13.4. The summed E-state index contributed by atoms with van der Waals surface area (Å²) in [5, 5.41) is 3.47. The van der Waals surface area contributed by atoms with Crippen LogP contribution < -0.4 is 5.32 Å². The molecule has 0 aliphatic carbocycles. The Morgan fingerprint density at radius 3 is 2.65 bits per heavy atom. The number of likely N-dealkylation sites (tertiary alicyclic amines) is 1. The van der Waals surface area contributed by atoms with Gasteiger partial charge in [-0.15, -0.1) is 0 Å². The summed E-state index contributed by atoms with van der Waals surface area (Å²) in [6, 6.07) is 10.2. The number of rotatable bonds is 3. The van der Waals surface area contributed by atoms with Gasteiger partial charge >= 0.3 is 0 Å². The molecule has 2 atom stereocenters. The van der Waals surface area contributed by atoms with Crippen LogP contribution in [0.15, 0.2) is 40.9 Å². The number of oxazole rings is 1. The Morgan fingerprint density at radius 1 is 1.15 bits per heavy atom. The first-order valence-electron chi connectivity index (χ1n) is 7.32. The summed E-state index contributed by atoms with van der Waals surface area (Å²) in [7, 11) is 0. The number of benzene rings is 1. The fraction of sp³-hybridized carbons (Fsp3) is 0.438. The maximum atomic E-state index is 5.89. The van der Waals surface area contributed by atoms with Crippen LogP contribution in [0.2, 0.25) is 0 Å². The topological polar surface area (TPSA) is 41.3 Å². The van der Waals surface area contributed by atoms with Crippen molar-refractivity contribution < 1.29 is 4.42 Å². The molecule has 2 aromatic rings. The molecule has 3 heterocycles. The van der Waals surface area contributed by atoms with Crippen molar-refractivity contribution in [3.8, 4) is 11.3 Å². The molecule has 0 radical (unpaired) electrons. The van der Waals surface area contributed by atoms with Gasteiger partial charge < -0.3 is 9.73 Å². The predicted octanol–water partition coefficient (Wildman–Crippen LogP) is 1.99. The van der Waals surface area contributed by atoms with Crippen molar-refractivity contribution in [2.75, 3.05) is 26.2 Å². The number of hydrogen-bond acceptors (Lipinski definition) is 4. The number of aromatic nitrogens is 1. The number of hydrogen-bond donors (Lipinski definition) is 1. The van der Waals surface area contributed by atoms with Gasteiger partial charge in [-0.3, -0.25) is 4.90 Å². The minimum absolute atomic E-state index is 0.818. The van der Waals surface area contributed by atoms with Crippen molar-refractivity contribution in [1.29, 1.82) is 0 Å². The average molecular weight is 269 g/mol. The SMILES string of the molecule is c1ccc(-c2cnc(CN3CC4CNCC4C3)o2)cc1. The van der Waals surface area contributed by atoms with E-state index in [0.29, 0.717) is 0 Å². The fourth-order valence-corrected chi connectivity index (χ4v) is 3.39. The lowest BCUT2D eigenvalue weighted by Crippen LogP contribution is -2.25. The molecule has 2 aliphatic rings. The normalized spacial score (nSPS) is 26.0. The summed E-state index contributed by atoms with van der Waals surface area (Å²) in [6.07, 6.45) is 1.84. The third-order valence-electron chi connectivity index (χ3n) is 4.44. The molecular weight excluding hydrogens is 250 g/mol. The largest absolute Gasteiger partial charge is 0.439 e. The zero-order valence-corrected chi connectivity index (χ0v) is 11.5. The maximum absolute atomic E-state index is 5.89. The van der Waals surface area contributed by atoms with Gasteiger partial charge in [0.25, 0.3) is 0 Å². The first-order valence-corrected chi connectivity index (χ1v) is 7.32. The van der Waals surface area contributed by atoms with Crippen LogP contribution in [-0.4, -0.2) is 36.1 Å². The molecule has 0 spiro atoms. The van der Waals surface area contributed by atoms with Gasteiger partial charge in [-0.25, -0.2) is 4.98 Å². The second-order valence-electron chi connectivity index (χ2n) is 5.86. The Balaban J connectivity index is 1.44. The van der Waals surface area contributed by atoms with E-state index in [4.69, 9.17) is 4.42 Å². The highest BCUT2D eigenvalue weighted by atomic mass is 16.4. The quantitative estimate of drug-likeness (QED) is 0.925. The van der Waals surface area contributed by atoms with Crippen molar-refractivity contribution in [2.24, 2.45) is 11.8 Å². The molecule has 4 nitrogen and oxygen atoms in total. The van der Waals surface area contributed by atoms with Gasteiger partial charge in [-0.1, -0.05) is 30.3 Å². The van der Waals surface area contributed by atoms with Crippen LogP contribution in [-0.2, 0) is 6.54 Å². The average Bonchev–Trinajstić information content (AvgIpc) is 3.16. The molecule has 1 aromatic heterocycles. The molecule has 20 heavy (non-hydrogen) atoms. The number of nitrogens with one attached hydrogen (secondary N) is 1. The van der Waals surface area contributed by atoms with Crippen LogP contribution >= 0.6 is 0 Å². The minimum atomic E-state index is 0.818. The van der Waals surface area contributed by atoms with E-state index >= 15 is 0 Å². The van der Waals surface area contributed by atoms with E-state index in [1.807, 2.05) is 24.4 Å². The highest BCUT2D eigenvalue weighted by Gasteiger charge is 2.36. The van der Waals surface area contributed by atoms with E-state index in [1.54, 1.807) is 0 Å². The van der Waals surface area contributed by atoms with Gasteiger partial charge in [0, 0.05) is 18.7 Å². The van der Waals surface area contributed by atoms with Crippen molar-refractivity contribution in [2.45, 2.75) is 6.54 Å². The van der Waals surface area contributed by atoms with Gasteiger partial charge in [0.05, 0.1) is 12.7 Å². The van der Waals surface area contributed by atoms with Gasteiger partial charge in [0.1, 0.15) is 0 Å². The lowest BCUT2D eigenvalue weighted by atomic mass is 10.0. The van der Waals surface area contributed by atoms with E-state index < -0.39 is 0 Å². The van der Waals surface area contributed by atoms with E-state index in [1.165, 1.54) is 26.2 Å². The Kier molecular flexibility index (Phi) is 3.05. The monoisotopic (exact) mass is 269 g/mol. The van der Waals surface area contributed by atoms with E-state index in [9.17, 15) is 0 Å². The lowest BCUT2D eigenvalue weighted by molar-refractivity contribution is 0.273. The fourth-order valence-electron chi connectivity index (χ4n) is 3.39. The van der Waals surface area contributed by atoms with Gasteiger partial charge in [-0.05, 0) is 24.9 Å². The van der Waals surface area contributed by atoms with Gasteiger partial charge in [0.2, 0.25) is 5.89 Å². The Bertz CT molecular complexity index is 568. The molecule has 2 aliphatic heterocycles. The Labute approximate surface area is 118 Å². The second kappa shape index (κ2) is 5.04. The third kappa shape index (κ3) is 2.25. The van der Waals surface area contributed by atoms with Crippen LogP contribution in [0.5, 0.6) is 0 Å². The molecule has 1 N–H and O–H groups in total. The van der Waals surface area contributed by atoms with E-state index in [-0.39, 0.29) is 0 Å². The van der Waals surface area contributed by atoms with Crippen molar-refractivity contribution in [3.05, 3.63) is 42.4 Å². The second-order valence-corrected chi connectivity index (χ2v) is 5.86. The molecule has 104 valence electrons. The van der Waals surface area contributed by atoms with Crippen molar-refractivity contribution in [3.63, 3.8) is 0 Å². The van der Waals surface area contributed by atoms with Crippen LogP contribution in [0.25, 0.3) is 11.3 Å². The first-order chi connectivity index (χ1) is 9.88. The van der Waals surface area contributed by atoms with Crippen molar-refractivity contribution in [1.82, 2.24) is 15.2 Å². The Morgan fingerprint density at radius 2 is 1.90 bits per heavy atom. The summed E-state index contributed by atoms with van der Waals surface area (Å²) in [5.74, 6) is 3.33. The predicted molar refractivity (Wildman–Crippen MR) is 77.1 cm³/mol. The third-order valence-corrected chi connectivity index (χ3v) is 4.44. The van der Waals surface area contributed by atoms with Crippen LogP contribution in [0, 0.1) is 11.8 Å². The molecule has 0 bridgehead atoms. The summed E-state index contributed by atoms with van der Waals surface area (Å²) in [6.45, 7) is 5.51. The van der Waals surface area contributed by atoms with Crippen molar-refractivity contribution >= 4 is 0 Å². The zero-order valence-electron chi connectivity index (χ0n) is 11.5. The molecule has 0 saturated carbocycles. The first kappa shape index (κ1) is 12.1. The van der Waals surface area contributed by atoms with E-state index in [0.717, 1.165) is 35.6 Å². The standard InChI is InChI=1S/C16H19N3O/c1-2-4-12(5-3-1)15-8-18-16(20-15)11-19-9-13-6-17-7-14(13)10-19/h1-5,8,13-14,17H,6-7,9-11H2. The number of nitrogens with zero attached hydrogens (tertiary/aromatic N) is 2. The molecule has 0 amide bonds. The number of fused-ring (bicyclic) bond motifs is 1. The summed E-state index contributed by atoms with van der Waals surface area (Å²) in [4.78, 5) is 6.90. The molecule has 2 fully saturated rings. The van der Waals surface area contributed by atoms with Gasteiger partial charge in [-0.2, -0.15) is 0 Å². The smallest absolute Gasteiger partial charge is 0.209 e. The highest BCUT2D eigenvalue weighted by molar-refractivity contribution is 5.55. The molecule has 1 aromatic carbocycles. The molecular formula is C16H19N3O. The molecule has 4 rings (SSSR count). The summed E-state index contributed by atoms with van der Waals surface area (Å²) >= 11 is 0.